The molecule has 1 heterocycles. The van der Waals surface area contributed by atoms with Crippen LogP contribution in [0.5, 0.6) is 0 Å². The molecule has 1 atom stereocenters. The van der Waals surface area contributed by atoms with Gasteiger partial charge in [0, 0.05) is 12.4 Å². The number of hydrogen-bond acceptors (Lipinski definition) is 3. The molecular formula is C7H15NOS. The van der Waals surface area contributed by atoms with Crippen LogP contribution < -0.4 is 5.73 Å². The van der Waals surface area contributed by atoms with Crippen molar-refractivity contribution in [1.82, 2.24) is 0 Å². The Balaban J connectivity index is 1.91. The van der Waals surface area contributed by atoms with Crippen molar-refractivity contribution in [2.75, 3.05) is 24.7 Å². The zero-order chi connectivity index (χ0) is 7.23. The summed E-state index contributed by atoms with van der Waals surface area (Å²) in [5, 5.41) is 0. The summed E-state index contributed by atoms with van der Waals surface area (Å²) in [4.78, 5) is 0. The van der Waals surface area contributed by atoms with E-state index in [0.29, 0.717) is 6.10 Å². The summed E-state index contributed by atoms with van der Waals surface area (Å²) in [6.07, 6.45) is 2.76. The van der Waals surface area contributed by atoms with E-state index in [9.17, 15) is 0 Å². The molecule has 0 saturated carbocycles. The van der Waals surface area contributed by atoms with E-state index in [1.54, 1.807) is 0 Å². The molecule has 1 unspecified atom stereocenters. The van der Waals surface area contributed by atoms with E-state index in [2.05, 4.69) is 0 Å². The second kappa shape index (κ2) is 4.99. The van der Waals surface area contributed by atoms with Crippen molar-refractivity contribution in [3.8, 4) is 0 Å². The fourth-order valence-electron chi connectivity index (χ4n) is 0.978. The summed E-state index contributed by atoms with van der Waals surface area (Å²) >= 11 is 1.98. The minimum atomic E-state index is 0.525. The fraction of sp³-hybridized carbons (Fsp3) is 1.00. The minimum absolute atomic E-state index is 0.525. The number of nitrogens with two attached hydrogens (primary N) is 1. The van der Waals surface area contributed by atoms with Crippen molar-refractivity contribution in [2.45, 2.75) is 18.9 Å². The van der Waals surface area contributed by atoms with Crippen molar-refractivity contribution in [1.29, 1.82) is 0 Å². The minimum Gasteiger partial charge on any atom is -0.377 e. The molecular weight excluding hydrogens is 146 g/mol. The first-order valence-electron chi connectivity index (χ1n) is 3.83. The van der Waals surface area contributed by atoms with E-state index < -0.39 is 0 Å². The average molecular weight is 161 g/mol. The van der Waals surface area contributed by atoms with Crippen LogP contribution in [0.2, 0.25) is 0 Å². The Morgan fingerprint density at radius 3 is 3.10 bits per heavy atom. The lowest BCUT2D eigenvalue weighted by Gasteiger charge is -2.08. The van der Waals surface area contributed by atoms with Gasteiger partial charge >= 0.3 is 0 Å². The molecule has 2 nitrogen and oxygen atoms in total. The van der Waals surface area contributed by atoms with Crippen LogP contribution >= 0.6 is 11.8 Å². The van der Waals surface area contributed by atoms with Gasteiger partial charge in [0.2, 0.25) is 0 Å². The average Bonchev–Trinajstić information content (AvgIpc) is 2.41. The first-order valence-corrected chi connectivity index (χ1v) is 4.98. The molecule has 0 aromatic carbocycles. The molecule has 1 aliphatic rings. The van der Waals surface area contributed by atoms with E-state index in [1.807, 2.05) is 11.8 Å². The predicted molar refractivity (Wildman–Crippen MR) is 45.4 cm³/mol. The van der Waals surface area contributed by atoms with Crippen molar-refractivity contribution < 1.29 is 4.74 Å². The molecule has 0 spiro atoms. The van der Waals surface area contributed by atoms with Gasteiger partial charge in [-0.15, -0.1) is 0 Å². The van der Waals surface area contributed by atoms with Gasteiger partial charge in [-0.1, -0.05) is 0 Å². The van der Waals surface area contributed by atoms with Crippen LogP contribution in [-0.4, -0.2) is 30.8 Å². The van der Waals surface area contributed by atoms with Gasteiger partial charge in [-0.2, -0.15) is 11.8 Å². The molecule has 10 heavy (non-hydrogen) atoms. The number of ether oxygens (including phenoxy) is 1. The Hall–Kier alpha value is 0.270. The summed E-state index contributed by atoms with van der Waals surface area (Å²) in [6.45, 7) is 1.60. The molecule has 0 aromatic heterocycles. The van der Waals surface area contributed by atoms with Gasteiger partial charge in [0.05, 0.1) is 6.10 Å². The molecule has 0 aromatic rings. The highest BCUT2D eigenvalue weighted by Crippen LogP contribution is 2.19. The molecule has 0 bridgehead atoms. The number of thioether (sulfide) groups is 1. The van der Waals surface area contributed by atoms with Crippen molar-refractivity contribution >= 4 is 11.8 Å². The maximum Gasteiger partial charge on any atom is 0.0673 e. The lowest BCUT2D eigenvalue weighted by molar-refractivity contribution is 0.0707. The largest absolute Gasteiger partial charge is 0.377 e. The molecule has 3 heteroatoms. The molecule has 0 aliphatic carbocycles. The summed E-state index contributed by atoms with van der Waals surface area (Å²) in [5.74, 6) is 2.46. The third kappa shape index (κ3) is 2.90. The lowest BCUT2D eigenvalue weighted by atomic mass is 10.3. The molecule has 0 amide bonds. The highest BCUT2D eigenvalue weighted by molar-refractivity contribution is 7.99. The van der Waals surface area contributed by atoms with Crippen LogP contribution in [0.15, 0.2) is 0 Å². The van der Waals surface area contributed by atoms with E-state index in [0.717, 1.165) is 19.6 Å². The predicted octanol–water partition coefficient (Wildman–Crippen LogP) is 0.857. The van der Waals surface area contributed by atoms with Gasteiger partial charge in [-0.05, 0) is 25.1 Å². The van der Waals surface area contributed by atoms with Gasteiger partial charge < -0.3 is 10.5 Å². The van der Waals surface area contributed by atoms with Crippen LogP contribution in [-0.2, 0) is 4.74 Å². The topological polar surface area (TPSA) is 35.2 Å². The van der Waals surface area contributed by atoms with Gasteiger partial charge in [0.25, 0.3) is 0 Å². The van der Waals surface area contributed by atoms with E-state index in [1.165, 1.54) is 17.9 Å². The molecule has 1 fully saturated rings. The highest BCUT2D eigenvalue weighted by Gasteiger charge is 2.14. The zero-order valence-electron chi connectivity index (χ0n) is 6.21. The van der Waals surface area contributed by atoms with Gasteiger partial charge in [-0.3, -0.25) is 0 Å². The van der Waals surface area contributed by atoms with Crippen molar-refractivity contribution in [2.24, 2.45) is 5.73 Å². The maximum absolute atomic E-state index is 5.54. The van der Waals surface area contributed by atoms with E-state index in [4.69, 9.17) is 10.5 Å². The maximum atomic E-state index is 5.54. The van der Waals surface area contributed by atoms with Gasteiger partial charge in [0.15, 0.2) is 0 Å². The molecule has 60 valence electrons. The summed E-state index contributed by atoms with van der Waals surface area (Å²) in [7, 11) is 0. The van der Waals surface area contributed by atoms with E-state index >= 15 is 0 Å². The second-order valence-electron chi connectivity index (χ2n) is 2.50. The van der Waals surface area contributed by atoms with Crippen molar-refractivity contribution in [3.05, 3.63) is 0 Å². The van der Waals surface area contributed by atoms with Crippen LogP contribution in [0.4, 0.5) is 0 Å². The number of rotatable bonds is 4. The summed E-state index contributed by atoms with van der Waals surface area (Å²) in [5.41, 5.74) is 5.33. The Labute approximate surface area is 66.5 Å². The zero-order valence-corrected chi connectivity index (χ0v) is 7.03. The Morgan fingerprint density at radius 2 is 2.50 bits per heavy atom. The number of hydrogen-bond donors (Lipinski definition) is 1. The molecule has 1 aliphatic heterocycles. The molecule has 1 rings (SSSR count). The Kier molecular flexibility index (Phi) is 4.18. The van der Waals surface area contributed by atoms with Crippen LogP contribution in [0, 0.1) is 0 Å². The molecule has 0 radical (unpaired) electrons. The normalized spacial score (nSPS) is 25.5. The Bertz CT molecular complexity index is 83.7. The second-order valence-corrected chi connectivity index (χ2v) is 3.65. The lowest BCUT2D eigenvalue weighted by Crippen LogP contribution is -2.14. The molecule has 2 N–H and O–H groups in total. The Morgan fingerprint density at radius 1 is 1.60 bits per heavy atom. The third-order valence-electron chi connectivity index (χ3n) is 1.59. The smallest absolute Gasteiger partial charge is 0.0673 e. The monoisotopic (exact) mass is 161 g/mol. The van der Waals surface area contributed by atoms with Crippen LogP contribution in [0.3, 0.4) is 0 Å². The van der Waals surface area contributed by atoms with Crippen LogP contribution in [0.1, 0.15) is 12.8 Å². The van der Waals surface area contributed by atoms with Crippen LogP contribution in [0.25, 0.3) is 0 Å². The summed E-state index contributed by atoms with van der Waals surface area (Å²) in [6, 6.07) is 0. The summed E-state index contributed by atoms with van der Waals surface area (Å²) < 4.78 is 5.54. The third-order valence-corrected chi connectivity index (χ3v) is 2.72. The highest BCUT2D eigenvalue weighted by atomic mass is 32.2. The van der Waals surface area contributed by atoms with E-state index in [-0.39, 0.29) is 0 Å². The quantitative estimate of drug-likeness (QED) is 0.621. The molecule has 1 saturated heterocycles. The van der Waals surface area contributed by atoms with Gasteiger partial charge in [0.1, 0.15) is 0 Å². The van der Waals surface area contributed by atoms with Gasteiger partial charge in [-0.25, -0.2) is 0 Å². The van der Waals surface area contributed by atoms with Crippen molar-refractivity contribution in [3.63, 3.8) is 0 Å². The standard InChI is InChI=1S/C7H15NOS/c8-3-1-4-9-7-2-5-10-6-7/h7H,1-6,8H2. The fourth-order valence-corrected chi connectivity index (χ4v) is 2.10. The first-order chi connectivity index (χ1) is 4.93. The SMILES string of the molecule is NCCCOC1CCSC1. The first kappa shape index (κ1) is 8.37.